The molecule has 0 saturated heterocycles. The molecule has 0 aliphatic heterocycles. The van der Waals surface area contributed by atoms with E-state index >= 15 is 0 Å². The first-order chi connectivity index (χ1) is 9.66. The van der Waals surface area contributed by atoms with Crippen molar-refractivity contribution in [3.63, 3.8) is 0 Å². The lowest BCUT2D eigenvalue weighted by molar-refractivity contribution is 0.103. The lowest BCUT2D eigenvalue weighted by Gasteiger charge is -2.06. The number of thiazole rings is 1. The summed E-state index contributed by atoms with van der Waals surface area (Å²) in [5.74, 6) is -0.897. The van der Waals surface area contributed by atoms with E-state index < -0.39 is 5.82 Å². The van der Waals surface area contributed by atoms with Gasteiger partial charge in [0, 0.05) is 22.8 Å². The molecule has 1 aromatic carbocycles. The predicted octanol–water partition coefficient (Wildman–Crippen LogP) is 3.82. The third kappa shape index (κ3) is 2.16. The smallest absolute Gasteiger partial charge is 0.212 e. The van der Waals surface area contributed by atoms with Crippen molar-refractivity contribution in [2.24, 2.45) is 0 Å². The van der Waals surface area contributed by atoms with E-state index in [2.05, 4.69) is 9.97 Å². The molecule has 100 valence electrons. The van der Waals surface area contributed by atoms with Crippen molar-refractivity contribution in [1.29, 1.82) is 0 Å². The van der Waals surface area contributed by atoms with Gasteiger partial charge in [0.1, 0.15) is 10.8 Å². The first kappa shape index (κ1) is 12.7. The second-order valence-corrected chi connectivity index (χ2v) is 5.59. The summed E-state index contributed by atoms with van der Waals surface area (Å²) in [6.45, 7) is 1.92. The molecular formula is C15H11FN2OS. The minimum absolute atomic E-state index is 0.0595. The predicted molar refractivity (Wildman–Crippen MR) is 76.5 cm³/mol. The Labute approximate surface area is 119 Å². The molecule has 0 amide bonds. The number of hydrogen-bond acceptors (Lipinski definition) is 3. The number of benzene rings is 1. The fourth-order valence-electron chi connectivity index (χ4n) is 2.02. The maximum Gasteiger partial charge on any atom is 0.212 e. The minimum atomic E-state index is -0.532. The van der Waals surface area contributed by atoms with Crippen LogP contribution in [0, 0.1) is 12.7 Å². The standard InChI is InChI=1S/C15H11FN2OS/c1-9-8-18-15(20-9)10-4-2-5-11(16)13(10)14(19)12-6-3-7-17-12/h2-8,17H,1H3. The third-order valence-corrected chi connectivity index (χ3v) is 3.88. The van der Waals surface area contributed by atoms with E-state index in [9.17, 15) is 9.18 Å². The number of aryl methyl sites for hydroxylation is 1. The molecule has 3 nitrogen and oxygen atoms in total. The number of aromatic amines is 1. The van der Waals surface area contributed by atoms with E-state index in [4.69, 9.17) is 0 Å². The van der Waals surface area contributed by atoms with Crippen LogP contribution in [-0.2, 0) is 0 Å². The van der Waals surface area contributed by atoms with Gasteiger partial charge in [-0.15, -0.1) is 11.3 Å². The van der Waals surface area contributed by atoms with Crippen molar-refractivity contribution >= 4 is 17.1 Å². The molecule has 0 bridgehead atoms. The average Bonchev–Trinajstić information content (AvgIpc) is 3.08. The number of ketones is 1. The van der Waals surface area contributed by atoms with Crippen LogP contribution in [-0.4, -0.2) is 15.8 Å². The maximum atomic E-state index is 14.1. The lowest BCUT2D eigenvalue weighted by Crippen LogP contribution is -2.07. The number of halogens is 1. The number of nitrogens with one attached hydrogen (secondary N) is 1. The minimum Gasteiger partial charge on any atom is -0.359 e. The molecule has 3 aromatic rings. The molecular weight excluding hydrogens is 275 g/mol. The number of rotatable bonds is 3. The topological polar surface area (TPSA) is 45.8 Å². The highest BCUT2D eigenvalue weighted by atomic mass is 32.1. The van der Waals surface area contributed by atoms with Crippen LogP contribution in [0.25, 0.3) is 10.6 Å². The van der Waals surface area contributed by atoms with Gasteiger partial charge in [0.25, 0.3) is 0 Å². The highest BCUT2D eigenvalue weighted by Gasteiger charge is 2.21. The number of aromatic nitrogens is 2. The largest absolute Gasteiger partial charge is 0.359 e. The van der Waals surface area contributed by atoms with Gasteiger partial charge in [-0.3, -0.25) is 4.79 Å². The van der Waals surface area contributed by atoms with Crippen LogP contribution in [0.3, 0.4) is 0 Å². The Morgan fingerprint density at radius 3 is 2.80 bits per heavy atom. The van der Waals surface area contributed by atoms with Crippen LogP contribution in [0.4, 0.5) is 4.39 Å². The molecule has 0 saturated carbocycles. The van der Waals surface area contributed by atoms with Crippen LogP contribution < -0.4 is 0 Å². The van der Waals surface area contributed by atoms with Gasteiger partial charge < -0.3 is 4.98 Å². The van der Waals surface area contributed by atoms with Crippen molar-refractivity contribution < 1.29 is 9.18 Å². The summed E-state index contributed by atoms with van der Waals surface area (Å²) in [6, 6.07) is 7.94. The van der Waals surface area contributed by atoms with Crippen molar-refractivity contribution in [1.82, 2.24) is 9.97 Å². The van der Waals surface area contributed by atoms with Crippen molar-refractivity contribution in [3.8, 4) is 10.6 Å². The Morgan fingerprint density at radius 1 is 1.30 bits per heavy atom. The molecule has 20 heavy (non-hydrogen) atoms. The molecule has 0 fully saturated rings. The van der Waals surface area contributed by atoms with Crippen LogP contribution in [0.1, 0.15) is 20.9 Å². The van der Waals surface area contributed by atoms with E-state index in [0.717, 1.165) is 4.88 Å². The number of H-pyrrole nitrogens is 1. The monoisotopic (exact) mass is 286 g/mol. The van der Waals surface area contributed by atoms with Crippen LogP contribution in [0.2, 0.25) is 0 Å². The van der Waals surface area contributed by atoms with E-state index in [1.165, 1.54) is 17.4 Å². The Kier molecular flexibility index (Phi) is 3.20. The Morgan fingerprint density at radius 2 is 2.15 bits per heavy atom. The highest BCUT2D eigenvalue weighted by molar-refractivity contribution is 7.15. The van der Waals surface area contributed by atoms with Gasteiger partial charge in [0.05, 0.1) is 11.3 Å². The fourth-order valence-corrected chi connectivity index (χ4v) is 2.81. The molecule has 0 unspecified atom stereocenters. The molecule has 3 rings (SSSR count). The lowest BCUT2D eigenvalue weighted by atomic mass is 10.0. The summed E-state index contributed by atoms with van der Waals surface area (Å²) in [5.41, 5.74) is 0.955. The van der Waals surface area contributed by atoms with Crippen molar-refractivity contribution in [3.05, 3.63) is 64.7 Å². The van der Waals surface area contributed by atoms with E-state index in [-0.39, 0.29) is 11.3 Å². The second kappa shape index (κ2) is 5.02. The summed E-state index contributed by atoms with van der Waals surface area (Å²) >= 11 is 1.44. The summed E-state index contributed by atoms with van der Waals surface area (Å²) in [6.07, 6.45) is 3.36. The molecule has 2 aromatic heterocycles. The molecule has 0 atom stereocenters. The number of hydrogen-bond donors (Lipinski definition) is 1. The summed E-state index contributed by atoms with van der Waals surface area (Å²) < 4.78 is 14.1. The SMILES string of the molecule is Cc1cnc(-c2cccc(F)c2C(=O)c2ccc[nH]2)s1. The Hall–Kier alpha value is -2.27. The summed E-state index contributed by atoms with van der Waals surface area (Å²) in [5, 5.41) is 0.650. The van der Waals surface area contributed by atoms with Gasteiger partial charge in [-0.2, -0.15) is 0 Å². The van der Waals surface area contributed by atoms with Gasteiger partial charge in [-0.05, 0) is 25.1 Å². The van der Waals surface area contributed by atoms with Crippen LogP contribution in [0.15, 0.2) is 42.7 Å². The normalized spacial score (nSPS) is 10.7. The van der Waals surface area contributed by atoms with Gasteiger partial charge >= 0.3 is 0 Å². The van der Waals surface area contributed by atoms with Gasteiger partial charge in [-0.1, -0.05) is 12.1 Å². The molecule has 0 radical (unpaired) electrons. The number of nitrogens with zero attached hydrogens (tertiary/aromatic N) is 1. The second-order valence-electron chi connectivity index (χ2n) is 4.35. The van der Waals surface area contributed by atoms with Crippen molar-refractivity contribution in [2.45, 2.75) is 6.92 Å². The average molecular weight is 286 g/mol. The van der Waals surface area contributed by atoms with Gasteiger partial charge in [0.2, 0.25) is 5.78 Å². The zero-order valence-corrected chi connectivity index (χ0v) is 11.5. The van der Waals surface area contributed by atoms with Crippen LogP contribution >= 0.6 is 11.3 Å². The first-order valence-electron chi connectivity index (χ1n) is 6.06. The van der Waals surface area contributed by atoms with Crippen LogP contribution in [0.5, 0.6) is 0 Å². The Bertz CT molecular complexity index is 762. The Balaban J connectivity index is 2.17. The van der Waals surface area contributed by atoms with E-state index in [0.29, 0.717) is 16.3 Å². The number of carbonyl (C=O) groups excluding carboxylic acids is 1. The van der Waals surface area contributed by atoms with Gasteiger partial charge in [-0.25, -0.2) is 9.37 Å². The molecule has 0 aliphatic carbocycles. The highest BCUT2D eigenvalue weighted by Crippen LogP contribution is 2.30. The molecule has 0 spiro atoms. The zero-order valence-electron chi connectivity index (χ0n) is 10.7. The summed E-state index contributed by atoms with van der Waals surface area (Å²) in [4.78, 5) is 20.5. The van der Waals surface area contributed by atoms with Crippen molar-refractivity contribution in [2.75, 3.05) is 0 Å². The van der Waals surface area contributed by atoms with E-state index in [1.807, 2.05) is 6.92 Å². The van der Waals surface area contributed by atoms with Gasteiger partial charge in [0.15, 0.2) is 0 Å². The molecule has 5 heteroatoms. The van der Waals surface area contributed by atoms with E-state index in [1.54, 1.807) is 36.7 Å². The quantitative estimate of drug-likeness (QED) is 0.744. The molecule has 0 aliphatic rings. The number of carbonyl (C=O) groups is 1. The molecule has 2 heterocycles. The molecule has 1 N–H and O–H groups in total. The maximum absolute atomic E-state index is 14.1. The zero-order chi connectivity index (χ0) is 14.1. The third-order valence-electron chi connectivity index (χ3n) is 2.93. The first-order valence-corrected chi connectivity index (χ1v) is 6.88. The summed E-state index contributed by atoms with van der Waals surface area (Å²) in [7, 11) is 0. The fraction of sp³-hybridized carbons (Fsp3) is 0.0667.